The molecule has 89 valence electrons. The lowest BCUT2D eigenvalue weighted by Gasteiger charge is -2.09. The molecule has 0 heterocycles. The molecule has 3 nitrogen and oxygen atoms in total. The highest BCUT2D eigenvalue weighted by molar-refractivity contribution is 5.40. The third-order valence-corrected chi connectivity index (χ3v) is 1.50. The van der Waals surface area contributed by atoms with E-state index in [1.807, 2.05) is 0 Å². The van der Waals surface area contributed by atoms with Gasteiger partial charge in [-0.05, 0) is 17.7 Å². The van der Waals surface area contributed by atoms with Gasteiger partial charge in [0, 0.05) is 6.07 Å². The van der Waals surface area contributed by atoms with Gasteiger partial charge in [-0.15, -0.1) is 0 Å². The fourth-order valence-electron chi connectivity index (χ4n) is 1.01. The lowest BCUT2D eigenvalue weighted by atomic mass is 10.2. The molecule has 0 atom stereocenters. The van der Waals surface area contributed by atoms with Crippen LogP contribution in [0.2, 0.25) is 0 Å². The normalized spacial score (nSPS) is 10.9. The molecule has 0 aliphatic rings. The summed E-state index contributed by atoms with van der Waals surface area (Å²) in [6.45, 7) is -5.63. The number of aliphatic hydroxyl groups excluding tert-OH is 1. The molecule has 1 aromatic carbocycles. The van der Waals surface area contributed by atoms with Crippen LogP contribution in [0.15, 0.2) is 18.2 Å². The Hall–Kier alpha value is -1.50. The molecule has 0 bridgehead atoms. The van der Waals surface area contributed by atoms with Crippen LogP contribution < -0.4 is 9.47 Å². The molecule has 16 heavy (non-hydrogen) atoms. The predicted octanol–water partition coefficient (Wildman–Crippen LogP) is 2.77. The minimum atomic E-state index is -3.09. The van der Waals surface area contributed by atoms with Crippen LogP contribution in [0.4, 0.5) is 17.6 Å². The molecular weight excluding hydrogens is 232 g/mol. The van der Waals surface area contributed by atoms with Crippen LogP contribution >= 0.6 is 0 Å². The number of ether oxygens (including phenoxy) is 2. The molecular formula is C9H7F4O3. The second-order valence-corrected chi connectivity index (χ2v) is 2.62. The minimum absolute atomic E-state index is 0.00815. The Morgan fingerprint density at radius 2 is 1.38 bits per heavy atom. The molecule has 0 fully saturated rings. The van der Waals surface area contributed by atoms with Gasteiger partial charge < -0.3 is 14.6 Å². The number of halogens is 4. The second-order valence-electron chi connectivity index (χ2n) is 2.62. The van der Waals surface area contributed by atoms with E-state index in [9.17, 15) is 17.6 Å². The number of alkyl halides is 4. The van der Waals surface area contributed by atoms with E-state index >= 15 is 0 Å². The molecule has 1 N–H and O–H groups in total. The zero-order chi connectivity index (χ0) is 12.1. The summed E-state index contributed by atoms with van der Waals surface area (Å²) < 4.78 is 55.4. The average Bonchev–Trinajstić information content (AvgIpc) is 2.14. The van der Waals surface area contributed by atoms with Crippen molar-refractivity contribution in [2.24, 2.45) is 0 Å². The van der Waals surface area contributed by atoms with Gasteiger partial charge in [-0.3, -0.25) is 0 Å². The monoisotopic (exact) mass is 239 g/mol. The van der Waals surface area contributed by atoms with Gasteiger partial charge in [0.1, 0.15) is 18.1 Å². The van der Waals surface area contributed by atoms with E-state index < -0.39 is 13.2 Å². The van der Waals surface area contributed by atoms with Crippen LogP contribution in [0.1, 0.15) is 5.56 Å². The van der Waals surface area contributed by atoms with E-state index in [4.69, 9.17) is 5.11 Å². The molecule has 0 saturated heterocycles. The predicted molar refractivity (Wildman–Crippen MR) is 45.0 cm³/mol. The Bertz CT molecular complexity index is 315. The molecule has 1 radical (unpaired) electrons. The van der Waals surface area contributed by atoms with Gasteiger partial charge in [0.25, 0.3) is 0 Å². The topological polar surface area (TPSA) is 38.7 Å². The Balaban J connectivity index is 2.91. The Morgan fingerprint density at radius 1 is 0.938 bits per heavy atom. The van der Waals surface area contributed by atoms with Crippen molar-refractivity contribution in [3.63, 3.8) is 0 Å². The van der Waals surface area contributed by atoms with Gasteiger partial charge in [-0.25, -0.2) is 0 Å². The number of hydrogen-bond acceptors (Lipinski definition) is 3. The second kappa shape index (κ2) is 5.55. The Kier molecular flexibility index (Phi) is 4.36. The highest BCUT2D eigenvalue weighted by Gasteiger charge is 2.10. The lowest BCUT2D eigenvalue weighted by Crippen LogP contribution is -2.05. The highest BCUT2D eigenvalue weighted by Crippen LogP contribution is 2.25. The summed E-state index contributed by atoms with van der Waals surface area (Å²) in [6, 6.07) is 2.96. The summed E-state index contributed by atoms with van der Waals surface area (Å²) in [5.41, 5.74) is 0.00815. The summed E-state index contributed by atoms with van der Waals surface area (Å²) >= 11 is 0. The summed E-state index contributed by atoms with van der Waals surface area (Å²) in [5, 5.41) is 8.64. The lowest BCUT2D eigenvalue weighted by molar-refractivity contribution is -0.0543. The van der Waals surface area contributed by atoms with Gasteiger partial charge in [-0.2, -0.15) is 17.6 Å². The number of hydrogen-bond donors (Lipinski definition) is 1. The molecule has 0 spiro atoms. The first-order valence-electron chi connectivity index (χ1n) is 4.03. The van der Waals surface area contributed by atoms with Gasteiger partial charge in [0.05, 0.1) is 0 Å². The third-order valence-electron chi connectivity index (χ3n) is 1.50. The molecule has 0 aromatic heterocycles. The maximum atomic E-state index is 11.9. The zero-order valence-corrected chi connectivity index (χ0v) is 7.74. The van der Waals surface area contributed by atoms with Crippen LogP contribution in [0.25, 0.3) is 0 Å². The van der Waals surface area contributed by atoms with E-state index in [0.717, 1.165) is 18.2 Å². The fraction of sp³-hybridized carbons (Fsp3) is 0.222. The first-order valence-corrected chi connectivity index (χ1v) is 4.03. The minimum Gasteiger partial charge on any atom is -0.435 e. The summed E-state index contributed by atoms with van der Waals surface area (Å²) in [7, 11) is 0. The smallest absolute Gasteiger partial charge is 0.387 e. The Morgan fingerprint density at radius 3 is 1.69 bits per heavy atom. The van der Waals surface area contributed by atoms with E-state index in [2.05, 4.69) is 9.47 Å². The molecule has 0 amide bonds. The van der Waals surface area contributed by atoms with E-state index in [1.54, 1.807) is 0 Å². The molecule has 0 aliphatic heterocycles. The van der Waals surface area contributed by atoms with Crippen molar-refractivity contribution < 1.29 is 32.1 Å². The average molecular weight is 239 g/mol. The van der Waals surface area contributed by atoms with Crippen molar-refractivity contribution in [1.82, 2.24) is 0 Å². The molecule has 0 saturated carbocycles. The van der Waals surface area contributed by atoms with Crippen molar-refractivity contribution in [1.29, 1.82) is 0 Å². The standard InChI is InChI=1S/C9H7F4O3/c10-8(11)15-6-1-5(4-14)2-7(3-6)16-9(12)13/h1-4,8-9,14H. The highest BCUT2D eigenvalue weighted by atomic mass is 19.3. The van der Waals surface area contributed by atoms with E-state index in [1.165, 1.54) is 0 Å². The van der Waals surface area contributed by atoms with Gasteiger partial charge >= 0.3 is 13.2 Å². The van der Waals surface area contributed by atoms with Crippen LogP contribution in [-0.2, 0) is 0 Å². The maximum Gasteiger partial charge on any atom is 0.387 e. The molecule has 1 rings (SSSR count). The van der Waals surface area contributed by atoms with Gasteiger partial charge in [0.2, 0.25) is 0 Å². The summed E-state index contributed by atoms with van der Waals surface area (Å²) in [6.07, 6.45) is 0. The van der Waals surface area contributed by atoms with Crippen LogP contribution in [0.5, 0.6) is 11.5 Å². The SMILES string of the molecule is O[CH]c1cc(OC(F)F)cc(OC(F)F)c1. The maximum absolute atomic E-state index is 11.9. The van der Waals surface area contributed by atoms with Crippen molar-refractivity contribution in [3.05, 3.63) is 30.4 Å². The van der Waals surface area contributed by atoms with E-state index in [0.29, 0.717) is 6.61 Å². The number of benzene rings is 1. The van der Waals surface area contributed by atoms with Crippen molar-refractivity contribution in [2.45, 2.75) is 13.2 Å². The third kappa shape index (κ3) is 3.93. The zero-order valence-electron chi connectivity index (χ0n) is 7.74. The quantitative estimate of drug-likeness (QED) is 0.803. The fourth-order valence-corrected chi connectivity index (χ4v) is 1.01. The summed E-state index contributed by atoms with van der Waals surface area (Å²) in [4.78, 5) is 0. The van der Waals surface area contributed by atoms with Crippen LogP contribution in [0, 0.1) is 6.61 Å². The van der Waals surface area contributed by atoms with E-state index in [-0.39, 0.29) is 17.1 Å². The summed E-state index contributed by atoms with van der Waals surface area (Å²) in [5.74, 6) is -0.762. The molecule has 1 aromatic rings. The number of aliphatic hydroxyl groups is 1. The largest absolute Gasteiger partial charge is 0.435 e. The van der Waals surface area contributed by atoms with Crippen molar-refractivity contribution >= 4 is 0 Å². The first kappa shape index (κ1) is 12.6. The Labute approximate surface area is 88.2 Å². The molecule has 0 unspecified atom stereocenters. The van der Waals surface area contributed by atoms with Gasteiger partial charge in [0.15, 0.2) is 0 Å². The van der Waals surface area contributed by atoms with Gasteiger partial charge in [-0.1, -0.05) is 0 Å². The first-order chi connectivity index (χ1) is 7.51. The van der Waals surface area contributed by atoms with Crippen molar-refractivity contribution in [2.75, 3.05) is 0 Å². The molecule has 0 aliphatic carbocycles. The molecule has 7 heteroatoms. The van der Waals surface area contributed by atoms with Crippen molar-refractivity contribution in [3.8, 4) is 11.5 Å². The van der Waals surface area contributed by atoms with Crippen LogP contribution in [0.3, 0.4) is 0 Å². The van der Waals surface area contributed by atoms with Crippen LogP contribution in [-0.4, -0.2) is 18.3 Å². The number of rotatable bonds is 5.